The molecule has 1 aromatic heterocycles. The van der Waals surface area contributed by atoms with Crippen LogP contribution in [-0.2, 0) is 16.2 Å². The van der Waals surface area contributed by atoms with Gasteiger partial charge in [0.25, 0.3) is 10.0 Å². The van der Waals surface area contributed by atoms with E-state index in [9.17, 15) is 21.6 Å². The van der Waals surface area contributed by atoms with Crippen LogP contribution in [0.5, 0.6) is 5.75 Å². The summed E-state index contributed by atoms with van der Waals surface area (Å²) in [5.74, 6) is -0.114. The van der Waals surface area contributed by atoms with Crippen LogP contribution in [-0.4, -0.2) is 19.5 Å². The molecule has 0 radical (unpaired) electrons. The molecule has 1 fully saturated rings. The number of alkyl halides is 3. The van der Waals surface area contributed by atoms with Crippen molar-refractivity contribution >= 4 is 10.0 Å². The van der Waals surface area contributed by atoms with Gasteiger partial charge in [0, 0.05) is 0 Å². The van der Waals surface area contributed by atoms with Gasteiger partial charge >= 0.3 is 6.18 Å². The number of sulfonamides is 1. The van der Waals surface area contributed by atoms with Crippen molar-refractivity contribution in [1.82, 2.24) is 4.98 Å². The van der Waals surface area contributed by atoms with Gasteiger partial charge in [-0.15, -0.1) is 0 Å². The minimum atomic E-state index is -4.86. The van der Waals surface area contributed by atoms with E-state index in [1.165, 1.54) is 0 Å². The third kappa shape index (κ3) is 2.91. The molecule has 1 aromatic rings. The van der Waals surface area contributed by atoms with Crippen molar-refractivity contribution in [2.45, 2.75) is 30.1 Å². The summed E-state index contributed by atoms with van der Waals surface area (Å²) in [5.41, 5.74) is -1.41. The van der Waals surface area contributed by atoms with Crippen molar-refractivity contribution in [3.05, 3.63) is 17.8 Å². The Hall–Kier alpha value is -1.35. The van der Waals surface area contributed by atoms with Gasteiger partial charge in [0.05, 0.1) is 17.9 Å². The first-order chi connectivity index (χ1) is 8.18. The molecular formula is C9H9F3N2O3S. The molecule has 0 aliphatic heterocycles. The molecule has 1 heterocycles. The van der Waals surface area contributed by atoms with Crippen LogP contribution < -0.4 is 9.88 Å². The van der Waals surface area contributed by atoms with Gasteiger partial charge in [-0.25, -0.2) is 18.5 Å². The molecule has 1 aliphatic carbocycles. The molecule has 0 bridgehead atoms. The van der Waals surface area contributed by atoms with Crippen LogP contribution in [0.4, 0.5) is 13.2 Å². The predicted molar refractivity (Wildman–Crippen MR) is 54.3 cm³/mol. The molecule has 0 atom stereocenters. The summed E-state index contributed by atoms with van der Waals surface area (Å²) in [6, 6.07) is 0.602. The standard InChI is InChI=1S/C9H9F3N2O3S/c10-9(11,12)7-3-6(17-5-1-2-5)4-14-8(7)18(13,15)16/h3-5H,1-2H2,(H2,13,15,16). The SMILES string of the molecule is NS(=O)(=O)c1ncc(OC2CC2)cc1C(F)(F)F. The first-order valence-corrected chi connectivity index (χ1v) is 6.49. The fraction of sp³-hybridized carbons (Fsp3) is 0.444. The lowest BCUT2D eigenvalue weighted by Crippen LogP contribution is -2.20. The van der Waals surface area contributed by atoms with Gasteiger partial charge < -0.3 is 4.74 Å². The highest BCUT2D eigenvalue weighted by Gasteiger charge is 2.38. The Morgan fingerprint density at radius 2 is 2.00 bits per heavy atom. The smallest absolute Gasteiger partial charge is 0.419 e. The summed E-state index contributed by atoms with van der Waals surface area (Å²) in [6.45, 7) is 0. The zero-order valence-corrected chi connectivity index (χ0v) is 9.75. The van der Waals surface area contributed by atoms with Gasteiger partial charge in [-0.3, -0.25) is 0 Å². The van der Waals surface area contributed by atoms with E-state index in [0.717, 1.165) is 19.0 Å². The lowest BCUT2D eigenvalue weighted by atomic mass is 10.2. The molecule has 5 nitrogen and oxygen atoms in total. The van der Waals surface area contributed by atoms with E-state index in [1.54, 1.807) is 0 Å². The zero-order valence-electron chi connectivity index (χ0n) is 8.94. The maximum atomic E-state index is 12.7. The van der Waals surface area contributed by atoms with E-state index in [1.807, 2.05) is 0 Å². The highest BCUT2D eigenvalue weighted by molar-refractivity contribution is 7.89. The zero-order chi connectivity index (χ0) is 13.6. The van der Waals surface area contributed by atoms with Crippen molar-refractivity contribution in [3.8, 4) is 5.75 Å². The lowest BCUT2D eigenvalue weighted by molar-refractivity contribution is -0.140. The van der Waals surface area contributed by atoms with Crippen LogP contribution in [0.3, 0.4) is 0 Å². The third-order valence-corrected chi connectivity index (χ3v) is 3.09. The highest BCUT2D eigenvalue weighted by Crippen LogP contribution is 2.36. The van der Waals surface area contributed by atoms with Crippen LogP contribution in [0.25, 0.3) is 0 Å². The first kappa shape index (κ1) is 13.1. The number of nitrogens with zero attached hydrogens (tertiary/aromatic N) is 1. The Morgan fingerprint density at radius 3 is 2.44 bits per heavy atom. The Morgan fingerprint density at radius 1 is 1.39 bits per heavy atom. The highest BCUT2D eigenvalue weighted by atomic mass is 32.2. The van der Waals surface area contributed by atoms with E-state index < -0.39 is 26.8 Å². The quantitative estimate of drug-likeness (QED) is 0.905. The van der Waals surface area contributed by atoms with Gasteiger partial charge in [0.15, 0.2) is 5.03 Å². The molecule has 0 aromatic carbocycles. The second-order valence-electron chi connectivity index (χ2n) is 3.88. The number of pyridine rings is 1. The van der Waals surface area contributed by atoms with Gasteiger partial charge in [0.1, 0.15) is 5.75 Å². The molecule has 0 amide bonds. The van der Waals surface area contributed by atoms with Gasteiger partial charge in [-0.2, -0.15) is 13.2 Å². The maximum absolute atomic E-state index is 12.7. The fourth-order valence-corrected chi connectivity index (χ4v) is 1.99. The second kappa shape index (κ2) is 4.09. The number of hydrogen-bond acceptors (Lipinski definition) is 4. The summed E-state index contributed by atoms with van der Waals surface area (Å²) in [5, 5.41) is 3.49. The molecular weight excluding hydrogens is 273 g/mol. The summed E-state index contributed by atoms with van der Waals surface area (Å²) < 4.78 is 65.3. The number of hydrogen-bond donors (Lipinski definition) is 1. The number of nitrogens with two attached hydrogens (primary N) is 1. The van der Waals surface area contributed by atoms with Crippen LogP contribution in [0.1, 0.15) is 18.4 Å². The van der Waals surface area contributed by atoms with E-state index in [0.29, 0.717) is 6.07 Å². The molecule has 100 valence electrons. The predicted octanol–water partition coefficient (Wildman–Crippen LogP) is 1.29. The molecule has 1 aliphatic rings. The Balaban J connectivity index is 2.47. The third-order valence-electron chi connectivity index (χ3n) is 2.23. The van der Waals surface area contributed by atoms with Crippen LogP contribution in [0.15, 0.2) is 17.3 Å². The second-order valence-corrected chi connectivity index (χ2v) is 5.36. The van der Waals surface area contributed by atoms with E-state index >= 15 is 0 Å². The molecule has 9 heteroatoms. The normalized spacial score (nSPS) is 16.7. The minimum absolute atomic E-state index is 0.114. The van der Waals surface area contributed by atoms with Crippen molar-refractivity contribution in [2.24, 2.45) is 5.14 Å². The molecule has 0 saturated heterocycles. The van der Waals surface area contributed by atoms with Crippen molar-refractivity contribution in [2.75, 3.05) is 0 Å². The number of ether oxygens (including phenoxy) is 1. The summed E-state index contributed by atoms with van der Waals surface area (Å²) >= 11 is 0. The number of primary sulfonamides is 1. The number of halogens is 3. The average molecular weight is 282 g/mol. The monoisotopic (exact) mass is 282 g/mol. The molecule has 1 saturated carbocycles. The summed E-state index contributed by atoms with van der Waals surface area (Å²) in [4.78, 5) is 3.24. The van der Waals surface area contributed by atoms with E-state index in [4.69, 9.17) is 4.74 Å². The van der Waals surface area contributed by atoms with Crippen molar-refractivity contribution < 1.29 is 26.3 Å². The lowest BCUT2D eigenvalue weighted by Gasteiger charge is -2.12. The van der Waals surface area contributed by atoms with E-state index in [2.05, 4.69) is 10.1 Å². The van der Waals surface area contributed by atoms with Crippen molar-refractivity contribution in [1.29, 1.82) is 0 Å². The number of rotatable bonds is 3. The summed E-state index contributed by atoms with van der Waals surface area (Å²) in [6.07, 6.45) is -2.53. The van der Waals surface area contributed by atoms with Gasteiger partial charge in [-0.05, 0) is 18.9 Å². The van der Waals surface area contributed by atoms with Crippen molar-refractivity contribution in [3.63, 3.8) is 0 Å². The Bertz CT molecular complexity index is 567. The minimum Gasteiger partial charge on any atom is -0.489 e. The fourth-order valence-electron chi connectivity index (χ4n) is 1.31. The molecule has 0 spiro atoms. The average Bonchev–Trinajstić information content (AvgIpc) is 2.98. The van der Waals surface area contributed by atoms with Crippen LogP contribution in [0, 0.1) is 0 Å². The largest absolute Gasteiger partial charge is 0.489 e. The van der Waals surface area contributed by atoms with Crippen LogP contribution >= 0.6 is 0 Å². The van der Waals surface area contributed by atoms with Gasteiger partial charge in [-0.1, -0.05) is 0 Å². The number of aromatic nitrogens is 1. The topological polar surface area (TPSA) is 82.3 Å². The molecule has 2 rings (SSSR count). The molecule has 2 N–H and O–H groups in total. The first-order valence-electron chi connectivity index (χ1n) is 4.94. The molecule has 0 unspecified atom stereocenters. The molecule has 18 heavy (non-hydrogen) atoms. The Labute approximate surface area is 101 Å². The summed E-state index contributed by atoms with van der Waals surface area (Å²) in [7, 11) is -4.53. The maximum Gasteiger partial charge on any atom is 0.419 e. The van der Waals surface area contributed by atoms with Crippen LogP contribution in [0.2, 0.25) is 0 Å². The Kier molecular flexibility index (Phi) is 2.98. The van der Waals surface area contributed by atoms with Gasteiger partial charge in [0.2, 0.25) is 0 Å². The van der Waals surface area contributed by atoms with E-state index in [-0.39, 0.29) is 11.9 Å².